The summed E-state index contributed by atoms with van der Waals surface area (Å²) in [5.41, 5.74) is 9.39. The lowest BCUT2D eigenvalue weighted by atomic mass is 10.1. The van der Waals surface area contributed by atoms with Crippen LogP contribution in [0.4, 0.5) is 0 Å². The Labute approximate surface area is 113 Å². The molecule has 100 valence electrons. The van der Waals surface area contributed by atoms with E-state index >= 15 is 0 Å². The Morgan fingerprint density at radius 2 is 2.05 bits per heavy atom. The van der Waals surface area contributed by atoms with Crippen molar-refractivity contribution in [1.82, 2.24) is 9.97 Å². The molecule has 19 heavy (non-hydrogen) atoms. The number of nitrogens with one attached hydrogen (secondary N) is 1. The molecule has 1 fully saturated rings. The van der Waals surface area contributed by atoms with Crippen LogP contribution in [0, 0.1) is 0 Å². The number of H-pyrrole nitrogens is 1. The second-order valence-electron chi connectivity index (χ2n) is 5.24. The molecule has 0 atom stereocenters. The van der Waals surface area contributed by atoms with Gasteiger partial charge in [0, 0.05) is 7.11 Å². The minimum absolute atomic E-state index is 0.198. The molecule has 1 aromatic carbocycles. The van der Waals surface area contributed by atoms with Gasteiger partial charge in [0.05, 0.1) is 24.0 Å². The summed E-state index contributed by atoms with van der Waals surface area (Å²) in [7, 11) is 1.72. The van der Waals surface area contributed by atoms with Crippen molar-refractivity contribution in [1.29, 1.82) is 0 Å². The average Bonchev–Trinajstić information content (AvgIpc) is 3.00. The van der Waals surface area contributed by atoms with Crippen LogP contribution in [0.3, 0.4) is 0 Å². The van der Waals surface area contributed by atoms with Gasteiger partial charge in [-0.3, -0.25) is 0 Å². The SMILES string of the molecule is COCCc1ccc(-c2cnc(C3(N)CC3)[nH]2)cc1. The standard InChI is InChI=1S/C15H19N3O/c1-19-9-6-11-2-4-12(5-3-11)13-10-17-14(18-13)15(16)7-8-15/h2-5,10H,6-9,16H2,1H3,(H,17,18). The predicted molar refractivity (Wildman–Crippen MR) is 74.7 cm³/mol. The van der Waals surface area contributed by atoms with Crippen LogP contribution in [0.5, 0.6) is 0 Å². The fraction of sp³-hybridized carbons (Fsp3) is 0.400. The van der Waals surface area contributed by atoms with Crippen molar-refractivity contribution >= 4 is 0 Å². The van der Waals surface area contributed by atoms with Crippen molar-refractivity contribution in [2.75, 3.05) is 13.7 Å². The average molecular weight is 257 g/mol. The summed E-state index contributed by atoms with van der Waals surface area (Å²) in [6.45, 7) is 0.753. The summed E-state index contributed by atoms with van der Waals surface area (Å²) in [6, 6.07) is 8.48. The molecule has 4 heteroatoms. The largest absolute Gasteiger partial charge is 0.384 e. The van der Waals surface area contributed by atoms with Crippen molar-refractivity contribution in [3.63, 3.8) is 0 Å². The van der Waals surface area contributed by atoms with Gasteiger partial charge in [-0.2, -0.15) is 0 Å². The molecule has 0 spiro atoms. The van der Waals surface area contributed by atoms with Crippen molar-refractivity contribution < 1.29 is 4.74 Å². The van der Waals surface area contributed by atoms with Gasteiger partial charge in [0.2, 0.25) is 0 Å². The molecular formula is C15H19N3O. The van der Waals surface area contributed by atoms with E-state index in [2.05, 4.69) is 34.2 Å². The summed E-state index contributed by atoms with van der Waals surface area (Å²) in [5.74, 6) is 0.908. The predicted octanol–water partition coefficient (Wildman–Crippen LogP) is 2.21. The molecule has 0 saturated heterocycles. The number of hydrogen-bond acceptors (Lipinski definition) is 3. The van der Waals surface area contributed by atoms with E-state index in [4.69, 9.17) is 10.5 Å². The van der Waals surface area contributed by atoms with Gasteiger partial charge in [-0.05, 0) is 30.4 Å². The molecule has 3 N–H and O–H groups in total. The van der Waals surface area contributed by atoms with E-state index in [1.54, 1.807) is 7.11 Å². The third-order valence-corrected chi connectivity index (χ3v) is 3.70. The molecule has 1 aromatic heterocycles. The number of nitrogens with two attached hydrogens (primary N) is 1. The Kier molecular flexibility index (Phi) is 3.12. The minimum Gasteiger partial charge on any atom is -0.384 e. The van der Waals surface area contributed by atoms with E-state index in [1.165, 1.54) is 5.56 Å². The second kappa shape index (κ2) is 4.79. The van der Waals surface area contributed by atoms with Crippen LogP contribution in [0.1, 0.15) is 24.2 Å². The van der Waals surface area contributed by atoms with Gasteiger partial charge in [-0.15, -0.1) is 0 Å². The van der Waals surface area contributed by atoms with Crippen LogP contribution >= 0.6 is 0 Å². The molecule has 0 radical (unpaired) electrons. The van der Waals surface area contributed by atoms with Gasteiger partial charge in [0.1, 0.15) is 5.82 Å². The Bertz CT molecular complexity index is 555. The van der Waals surface area contributed by atoms with Gasteiger partial charge in [-0.25, -0.2) is 4.98 Å². The monoisotopic (exact) mass is 257 g/mol. The summed E-state index contributed by atoms with van der Waals surface area (Å²) in [6.07, 6.45) is 4.86. The molecule has 0 unspecified atom stereocenters. The first-order chi connectivity index (χ1) is 9.21. The van der Waals surface area contributed by atoms with Crippen LogP contribution in [0.15, 0.2) is 30.5 Å². The molecule has 0 amide bonds. The molecule has 1 aliphatic carbocycles. The number of benzene rings is 1. The quantitative estimate of drug-likeness (QED) is 0.863. The van der Waals surface area contributed by atoms with Gasteiger partial charge in [0.15, 0.2) is 0 Å². The van der Waals surface area contributed by atoms with Crippen molar-refractivity contribution in [3.05, 3.63) is 41.9 Å². The molecule has 1 aliphatic rings. The molecule has 1 heterocycles. The lowest BCUT2D eigenvalue weighted by Crippen LogP contribution is -2.20. The van der Waals surface area contributed by atoms with Gasteiger partial charge in [-0.1, -0.05) is 24.3 Å². The van der Waals surface area contributed by atoms with Crippen LogP contribution in [-0.2, 0) is 16.7 Å². The smallest absolute Gasteiger partial charge is 0.126 e. The first-order valence-electron chi connectivity index (χ1n) is 6.64. The molecular weight excluding hydrogens is 238 g/mol. The first-order valence-corrected chi connectivity index (χ1v) is 6.64. The number of rotatable bonds is 5. The van der Waals surface area contributed by atoms with Crippen molar-refractivity contribution in [2.24, 2.45) is 5.73 Å². The maximum Gasteiger partial charge on any atom is 0.126 e. The number of aromatic amines is 1. The Morgan fingerprint density at radius 1 is 1.32 bits per heavy atom. The lowest BCUT2D eigenvalue weighted by Gasteiger charge is -2.04. The third kappa shape index (κ3) is 2.55. The fourth-order valence-corrected chi connectivity index (χ4v) is 2.16. The highest BCUT2D eigenvalue weighted by molar-refractivity contribution is 5.59. The van der Waals surface area contributed by atoms with Gasteiger partial charge >= 0.3 is 0 Å². The van der Waals surface area contributed by atoms with Crippen LogP contribution in [0.2, 0.25) is 0 Å². The topological polar surface area (TPSA) is 63.9 Å². The highest BCUT2D eigenvalue weighted by atomic mass is 16.5. The summed E-state index contributed by atoms with van der Waals surface area (Å²) in [4.78, 5) is 7.73. The summed E-state index contributed by atoms with van der Waals surface area (Å²) < 4.78 is 5.08. The molecule has 1 saturated carbocycles. The summed E-state index contributed by atoms with van der Waals surface area (Å²) >= 11 is 0. The third-order valence-electron chi connectivity index (χ3n) is 3.70. The van der Waals surface area contributed by atoms with Crippen molar-refractivity contribution in [3.8, 4) is 11.3 Å². The Hall–Kier alpha value is -1.65. The number of ether oxygens (including phenoxy) is 1. The van der Waals surface area contributed by atoms with E-state index in [0.29, 0.717) is 0 Å². The Balaban J connectivity index is 1.76. The zero-order valence-electron chi connectivity index (χ0n) is 11.1. The van der Waals surface area contributed by atoms with Crippen LogP contribution in [0.25, 0.3) is 11.3 Å². The number of aromatic nitrogens is 2. The van der Waals surface area contributed by atoms with E-state index in [9.17, 15) is 0 Å². The number of hydrogen-bond donors (Lipinski definition) is 2. The highest BCUT2D eigenvalue weighted by Crippen LogP contribution is 2.41. The molecule has 2 aromatic rings. The van der Waals surface area contributed by atoms with Crippen LogP contribution in [-0.4, -0.2) is 23.7 Å². The Morgan fingerprint density at radius 3 is 2.68 bits per heavy atom. The molecule has 3 rings (SSSR count). The zero-order chi connectivity index (χ0) is 13.3. The zero-order valence-corrected chi connectivity index (χ0v) is 11.1. The van der Waals surface area contributed by atoms with Gasteiger partial charge < -0.3 is 15.5 Å². The van der Waals surface area contributed by atoms with Crippen molar-refractivity contribution in [2.45, 2.75) is 24.8 Å². The van der Waals surface area contributed by atoms with E-state index in [1.807, 2.05) is 6.20 Å². The van der Waals surface area contributed by atoms with E-state index in [0.717, 1.165) is 43.0 Å². The lowest BCUT2D eigenvalue weighted by molar-refractivity contribution is 0.202. The maximum atomic E-state index is 6.13. The van der Waals surface area contributed by atoms with E-state index in [-0.39, 0.29) is 5.54 Å². The van der Waals surface area contributed by atoms with E-state index < -0.39 is 0 Å². The number of methoxy groups -OCH3 is 1. The highest BCUT2D eigenvalue weighted by Gasteiger charge is 2.42. The minimum atomic E-state index is -0.198. The molecule has 4 nitrogen and oxygen atoms in total. The molecule has 0 aliphatic heterocycles. The van der Waals surface area contributed by atoms with Gasteiger partial charge in [0.25, 0.3) is 0 Å². The normalized spacial score (nSPS) is 16.5. The fourth-order valence-electron chi connectivity index (χ4n) is 2.16. The first kappa shape index (κ1) is 12.4. The summed E-state index contributed by atoms with van der Waals surface area (Å²) in [5, 5.41) is 0. The second-order valence-corrected chi connectivity index (χ2v) is 5.24. The number of imidazole rings is 1. The molecule has 0 bridgehead atoms. The van der Waals surface area contributed by atoms with Crippen LogP contribution < -0.4 is 5.73 Å². The maximum absolute atomic E-state index is 6.13. The number of nitrogens with zero attached hydrogens (tertiary/aromatic N) is 1.